The number of carbonyl (C=O) groups is 1. The van der Waals surface area contributed by atoms with Crippen LogP contribution in [0.15, 0.2) is 48.7 Å². The number of halogens is 2. The van der Waals surface area contributed by atoms with Crippen LogP contribution < -0.4 is 4.90 Å². The van der Waals surface area contributed by atoms with E-state index in [1.54, 1.807) is 18.0 Å². The van der Waals surface area contributed by atoms with E-state index >= 15 is 0 Å². The lowest BCUT2D eigenvalue weighted by Gasteiger charge is -2.19. The summed E-state index contributed by atoms with van der Waals surface area (Å²) in [6.45, 7) is 0. The normalized spacial score (nSPS) is 11.0. The van der Waals surface area contributed by atoms with Gasteiger partial charge in [-0.05, 0) is 52.4 Å². The molecule has 1 aromatic heterocycles. The van der Waals surface area contributed by atoms with Crippen molar-refractivity contribution in [2.75, 3.05) is 11.9 Å². The molecule has 0 unspecified atom stereocenters. The number of fused-ring (bicyclic) bond motifs is 1. The van der Waals surface area contributed by atoms with Crippen LogP contribution in [0.3, 0.4) is 0 Å². The highest BCUT2D eigenvalue weighted by atomic mass is 127. The fraction of sp³-hybridized carbons (Fsp3) is 0.167. The molecule has 2 aromatic carbocycles. The molecule has 3 rings (SSSR count). The van der Waals surface area contributed by atoms with Crippen LogP contribution in [0, 0.1) is 3.57 Å². The van der Waals surface area contributed by atoms with Crippen LogP contribution in [-0.2, 0) is 18.3 Å². The van der Waals surface area contributed by atoms with E-state index in [2.05, 4.69) is 39.3 Å². The quantitative estimate of drug-likeness (QED) is 0.547. The van der Waals surface area contributed by atoms with Gasteiger partial charge in [-0.1, -0.05) is 29.8 Å². The first-order valence-corrected chi connectivity index (χ1v) is 8.67. The lowest BCUT2D eigenvalue weighted by Crippen LogP contribution is -2.28. The summed E-state index contributed by atoms with van der Waals surface area (Å²) in [5.74, 6) is 0.0570. The molecule has 0 atom stereocenters. The molecular formula is C18H16ClIN2O. The van der Waals surface area contributed by atoms with E-state index in [0.29, 0.717) is 11.4 Å². The zero-order valence-electron chi connectivity index (χ0n) is 12.9. The van der Waals surface area contributed by atoms with Crippen LogP contribution >= 0.6 is 34.2 Å². The molecule has 1 heterocycles. The number of nitrogens with zero attached hydrogens (tertiary/aromatic N) is 2. The van der Waals surface area contributed by atoms with E-state index in [-0.39, 0.29) is 5.91 Å². The maximum atomic E-state index is 12.7. The highest BCUT2D eigenvalue weighted by molar-refractivity contribution is 14.1. The molecule has 0 fully saturated rings. The first-order chi connectivity index (χ1) is 11.0. The predicted octanol–water partition coefficient (Wildman–Crippen LogP) is 4.64. The standard InChI is InChI=1S/C18H16ClIN2O/c1-21-11-12(14-5-3-4-6-16(14)21)9-18(23)22(2)17-8-7-13(19)10-15(17)20/h3-8,10-11H,9H2,1-2H3. The molecule has 0 aliphatic rings. The Labute approximate surface area is 154 Å². The minimum atomic E-state index is 0.0570. The number of likely N-dealkylation sites (N-methyl/N-ethyl adjacent to an activating group) is 1. The predicted molar refractivity (Wildman–Crippen MR) is 104 cm³/mol. The highest BCUT2D eigenvalue weighted by Gasteiger charge is 2.17. The van der Waals surface area contributed by atoms with Crippen LogP contribution in [0.25, 0.3) is 10.9 Å². The van der Waals surface area contributed by atoms with Crippen molar-refractivity contribution < 1.29 is 4.79 Å². The molecule has 0 aliphatic carbocycles. The number of carbonyl (C=O) groups excluding carboxylic acids is 1. The van der Waals surface area contributed by atoms with Crippen molar-refractivity contribution in [3.05, 3.63) is 62.8 Å². The topological polar surface area (TPSA) is 25.2 Å². The smallest absolute Gasteiger partial charge is 0.231 e. The summed E-state index contributed by atoms with van der Waals surface area (Å²) in [5.41, 5.74) is 3.06. The lowest BCUT2D eigenvalue weighted by atomic mass is 10.1. The molecule has 0 saturated heterocycles. The third kappa shape index (κ3) is 3.23. The third-order valence-corrected chi connectivity index (χ3v) is 5.07. The van der Waals surface area contributed by atoms with Gasteiger partial charge >= 0.3 is 0 Å². The molecule has 1 amide bonds. The molecule has 0 spiro atoms. The molecule has 0 radical (unpaired) electrons. The number of rotatable bonds is 3. The maximum Gasteiger partial charge on any atom is 0.231 e. The van der Waals surface area contributed by atoms with Gasteiger partial charge in [0.2, 0.25) is 5.91 Å². The zero-order chi connectivity index (χ0) is 16.6. The van der Waals surface area contributed by atoms with Crippen LogP contribution in [-0.4, -0.2) is 17.5 Å². The van der Waals surface area contributed by atoms with Gasteiger partial charge in [0.15, 0.2) is 0 Å². The van der Waals surface area contributed by atoms with Crippen molar-refractivity contribution in [3.8, 4) is 0 Å². The first kappa shape index (κ1) is 16.3. The number of benzene rings is 2. The summed E-state index contributed by atoms with van der Waals surface area (Å²) < 4.78 is 3.02. The number of anilines is 1. The van der Waals surface area contributed by atoms with E-state index in [9.17, 15) is 4.79 Å². The highest BCUT2D eigenvalue weighted by Crippen LogP contribution is 2.26. The number of aryl methyl sites for hydroxylation is 1. The Kier molecular flexibility index (Phi) is 4.64. The maximum absolute atomic E-state index is 12.7. The van der Waals surface area contributed by atoms with E-state index in [4.69, 9.17) is 11.6 Å². The summed E-state index contributed by atoms with van der Waals surface area (Å²) in [5, 5.41) is 1.80. The van der Waals surface area contributed by atoms with Gasteiger partial charge in [-0.2, -0.15) is 0 Å². The second-order valence-corrected chi connectivity index (χ2v) is 7.11. The lowest BCUT2D eigenvalue weighted by molar-refractivity contribution is -0.117. The summed E-state index contributed by atoms with van der Waals surface area (Å²) in [6, 6.07) is 13.7. The molecule has 0 bridgehead atoms. The minimum Gasteiger partial charge on any atom is -0.350 e. The molecule has 3 aromatic rings. The van der Waals surface area contributed by atoms with Gasteiger partial charge in [-0.15, -0.1) is 0 Å². The van der Waals surface area contributed by atoms with E-state index in [1.165, 1.54) is 0 Å². The molecule has 3 nitrogen and oxygen atoms in total. The number of para-hydroxylation sites is 1. The zero-order valence-corrected chi connectivity index (χ0v) is 15.8. The fourth-order valence-corrected chi connectivity index (χ4v) is 3.97. The van der Waals surface area contributed by atoms with E-state index in [0.717, 1.165) is 25.7 Å². The van der Waals surface area contributed by atoms with Crippen molar-refractivity contribution in [3.63, 3.8) is 0 Å². The molecule has 0 saturated carbocycles. The van der Waals surface area contributed by atoms with Gasteiger partial charge in [0.25, 0.3) is 0 Å². The van der Waals surface area contributed by atoms with Crippen LogP contribution in [0.2, 0.25) is 5.02 Å². The average molecular weight is 439 g/mol. The Morgan fingerprint density at radius 3 is 2.74 bits per heavy atom. The fourth-order valence-electron chi connectivity index (χ4n) is 2.74. The SMILES string of the molecule is CN(C(=O)Cc1cn(C)c2ccccc12)c1ccc(Cl)cc1I. The molecule has 5 heteroatoms. The third-order valence-electron chi connectivity index (χ3n) is 3.97. The number of hydrogen-bond donors (Lipinski definition) is 0. The van der Waals surface area contributed by atoms with E-state index < -0.39 is 0 Å². The minimum absolute atomic E-state index is 0.0570. The van der Waals surface area contributed by atoms with Gasteiger partial charge in [-0.25, -0.2) is 0 Å². The second kappa shape index (κ2) is 6.53. The molecule has 118 valence electrons. The van der Waals surface area contributed by atoms with Crippen molar-refractivity contribution in [1.82, 2.24) is 4.57 Å². The first-order valence-electron chi connectivity index (χ1n) is 7.22. The molecular weight excluding hydrogens is 423 g/mol. The number of hydrogen-bond acceptors (Lipinski definition) is 1. The number of amides is 1. The Balaban J connectivity index is 1.88. The van der Waals surface area contributed by atoms with Crippen molar-refractivity contribution in [1.29, 1.82) is 0 Å². The van der Waals surface area contributed by atoms with Crippen LogP contribution in [0.5, 0.6) is 0 Å². The van der Waals surface area contributed by atoms with Crippen molar-refractivity contribution >= 4 is 56.7 Å². The summed E-state index contributed by atoms with van der Waals surface area (Å²) in [4.78, 5) is 14.4. The second-order valence-electron chi connectivity index (χ2n) is 5.51. The molecule has 23 heavy (non-hydrogen) atoms. The van der Waals surface area contributed by atoms with Gasteiger partial charge in [0.05, 0.1) is 12.1 Å². The van der Waals surface area contributed by atoms with Gasteiger partial charge in [0, 0.05) is 39.8 Å². The Bertz CT molecular complexity index is 888. The Hall–Kier alpha value is -1.53. The summed E-state index contributed by atoms with van der Waals surface area (Å²) in [7, 11) is 3.81. The van der Waals surface area contributed by atoms with E-state index in [1.807, 2.05) is 37.5 Å². The van der Waals surface area contributed by atoms with Crippen LogP contribution in [0.4, 0.5) is 5.69 Å². The average Bonchev–Trinajstić information content (AvgIpc) is 2.83. The summed E-state index contributed by atoms with van der Waals surface area (Å²) in [6.07, 6.45) is 2.40. The van der Waals surface area contributed by atoms with Gasteiger partial charge < -0.3 is 9.47 Å². The number of aromatic nitrogens is 1. The van der Waals surface area contributed by atoms with Gasteiger partial charge in [0.1, 0.15) is 0 Å². The Morgan fingerprint density at radius 2 is 2.00 bits per heavy atom. The Morgan fingerprint density at radius 1 is 1.26 bits per heavy atom. The van der Waals surface area contributed by atoms with Crippen molar-refractivity contribution in [2.45, 2.75) is 6.42 Å². The summed E-state index contributed by atoms with van der Waals surface area (Å²) >= 11 is 8.19. The molecule has 0 aliphatic heterocycles. The largest absolute Gasteiger partial charge is 0.350 e. The molecule has 0 N–H and O–H groups in total. The van der Waals surface area contributed by atoms with Crippen molar-refractivity contribution in [2.24, 2.45) is 7.05 Å². The van der Waals surface area contributed by atoms with Crippen LogP contribution in [0.1, 0.15) is 5.56 Å². The van der Waals surface area contributed by atoms with Gasteiger partial charge in [-0.3, -0.25) is 4.79 Å². The monoisotopic (exact) mass is 438 g/mol.